The van der Waals surface area contributed by atoms with Crippen molar-refractivity contribution in [1.29, 1.82) is 0 Å². The van der Waals surface area contributed by atoms with Crippen molar-refractivity contribution in [2.45, 2.75) is 31.6 Å². The van der Waals surface area contributed by atoms with E-state index in [0.29, 0.717) is 5.25 Å². The lowest BCUT2D eigenvalue weighted by Crippen LogP contribution is -2.11. The Balaban J connectivity index is 1.84. The summed E-state index contributed by atoms with van der Waals surface area (Å²) >= 11 is 2.05. The molecule has 1 atom stereocenters. The summed E-state index contributed by atoms with van der Waals surface area (Å²) in [7, 11) is 0. The van der Waals surface area contributed by atoms with Crippen LogP contribution >= 0.6 is 11.8 Å². The van der Waals surface area contributed by atoms with Gasteiger partial charge in [0.15, 0.2) is 17.2 Å². The molecular formula is C16H17N3OS. The Labute approximate surface area is 127 Å². The monoisotopic (exact) mass is 299 g/mol. The Morgan fingerprint density at radius 3 is 3.10 bits per heavy atom. The first-order chi connectivity index (χ1) is 10.3. The van der Waals surface area contributed by atoms with Gasteiger partial charge in [0, 0.05) is 18.0 Å². The maximum Gasteiger partial charge on any atom is 0.178 e. The van der Waals surface area contributed by atoms with Crippen LogP contribution in [-0.4, -0.2) is 25.5 Å². The lowest BCUT2D eigenvalue weighted by atomic mass is 10.2. The van der Waals surface area contributed by atoms with Crippen molar-refractivity contribution in [2.75, 3.05) is 5.75 Å². The molecule has 4 rings (SSSR count). The van der Waals surface area contributed by atoms with Crippen LogP contribution in [0.5, 0.6) is 0 Å². The minimum atomic E-state index is 0.652. The van der Waals surface area contributed by atoms with Gasteiger partial charge in [-0.15, -0.1) is 0 Å². The number of hydrogen-bond acceptors (Lipinski definition) is 4. The van der Waals surface area contributed by atoms with Crippen LogP contribution in [0, 0.1) is 6.92 Å². The van der Waals surface area contributed by atoms with Gasteiger partial charge in [-0.2, -0.15) is 11.8 Å². The van der Waals surface area contributed by atoms with E-state index in [1.807, 2.05) is 37.4 Å². The van der Waals surface area contributed by atoms with Gasteiger partial charge in [-0.1, -0.05) is 0 Å². The van der Waals surface area contributed by atoms with Crippen LogP contribution in [0.15, 0.2) is 34.9 Å². The van der Waals surface area contributed by atoms with Gasteiger partial charge in [0.25, 0.3) is 0 Å². The van der Waals surface area contributed by atoms with Crippen molar-refractivity contribution in [3.05, 3.63) is 36.2 Å². The zero-order valence-corrected chi connectivity index (χ0v) is 12.8. The van der Waals surface area contributed by atoms with Crippen LogP contribution in [0.4, 0.5) is 0 Å². The SMILES string of the molecule is Cc1ccc(-c2nc3cccnc3n2CC2CCCS2)o1. The van der Waals surface area contributed by atoms with E-state index in [9.17, 15) is 0 Å². The Bertz CT molecular complexity index is 771. The summed E-state index contributed by atoms with van der Waals surface area (Å²) < 4.78 is 8.01. The molecule has 4 heterocycles. The highest BCUT2D eigenvalue weighted by molar-refractivity contribution is 8.00. The molecule has 1 saturated heterocycles. The molecule has 0 aliphatic carbocycles. The van der Waals surface area contributed by atoms with Gasteiger partial charge in [0.2, 0.25) is 0 Å². The normalized spacial score (nSPS) is 18.6. The highest BCUT2D eigenvalue weighted by Crippen LogP contribution is 2.31. The average Bonchev–Trinajstić information content (AvgIpc) is 3.20. The molecule has 108 valence electrons. The number of furan rings is 1. The van der Waals surface area contributed by atoms with Crippen LogP contribution in [0.25, 0.3) is 22.7 Å². The van der Waals surface area contributed by atoms with Crippen LogP contribution in [0.1, 0.15) is 18.6 Å². The molecule has 4 nitrogen and oxygen atoms in total. The number of fused-ring (bicyclic) bond motifs is 1. The minimum Gasteiger partial charge on any atom is -0.458 e. The molecule has 5 heteroatoms. The van der Waals surface area contributed by atoms with Crippen molar-refractivity contribution >= 4 is 22.9 Å². The number of aromatic nitrogens is 3. The zero-order valence-electron chi connectivity index (χ0n) is 12.0. The number of pyridine rings is 1. The average molecular weight is 299 g/mol. The van der Waals surface area contributed by atoms with Crippen molar-refractivity contribution in [3.8, 4) is 11.6 Å². The lowest BCUT2D eigenvalue weighted by molar-refractivity contribution is 0.536. The van der Waals surface area contributed by atoms with Gasteiger partial charge >= 0.3 is 0 Å². The molecule has 0 bridgehead atoms. The van der Waals surface area contributed by atoms with Crippen LogP contribution in [-0.2, 0) is 6.54 Å². The molecule has 0 N–H and O–H groups in total. The van der Waals surface area contributed by atoms with E-state index in [2.05, 4.69) is 21.3 Å². The largest absolute Gasteiger partial charge is 0.458 e. The fourth-order valence-corrected chi connectivity index (χ4v) is 4.12. The van der Waals surface area contributed by atoms with Crippen LogP contribution in [0.2, 0.25) is 0 Å². The first-order valence-electron chi connectivity index (χ1n) is 7.31. The predicted octanol–water partition coefficient (Wildman–Crippen LogP) is 3.90. The molecule has 0 spiro atoms. The number of aryl methyl sites for hydroxylation is 1. The first-order valence-corrected chi connectivity index (χ1v) is 8.36. The van der Waals surface area contributed by atoms with Crippen molar-refractivity contribution in [3.63, 3.8) is 0 Å². The third-order valence-corrected chi connectivity index (χ3v) is 5.26. The fourth-order valence-electron chi connectivity index (χ4n) is 2.87. The summed E-state index contributed by atoms with van der Waals surface area (Å²) in [6, 6.07) is 7.92. The second-order valence-corrected chi connectivity index (χ2v) is 6.85. The molecule has 1 aliphatic heterocycles. The molecule has 3 aromatic heterocycles. The van der Waals surface area contributed by atoms with E-state index < -0.39 is 0 Å². The number of thioether (sulfide) groups is 1. The molecule has 1 unspecified atom stereocenters. The summed E-state index contributed by atoms with van der Waals surface area (Å²) in [5, 5.41) is 0.652. The fraction of sp³-hybridized carbons (Fsp3) is 0.375. The molecule has 1 aliphatic rings. The van der Waals surface area contributed by atoms with E-state index in [1.54, 1.807) is 0 Å². The Kier molecular flexibility index (Phi) is 3.22. The van der Waals surface area contributed by atoms with E-state index in [1.165, 1.54) is 18.6 Å². The highest BCUT2D eigenvalue weighted by Gasteiger charge is 2.22. The molecule has 21 heavy (non-hydrogen) atoms. The van der Waals surface area contributed by atoms with E-state index >= 15 is 0 Å². The van der Waals surface area contributed by atoms with Gasteiger partial charge in [-0.05, 0) is 49.8 Å². The van der Waals surface area contributed by atoms with Crippen LogP contribution < -0.4 is 0 Å². The van der Waals surface area contributed by atoms with Gasteiger partial charge < -0.3 is 8.98 Å². The molecule has 0 aromatic carbocycles. The summed E-state index contributed by atoms with van der Waals surface area (Å²) in [5.74, 6) is 3.89. The standard InChI is InChI=1S/C16H17N3OS/c1-11-6-7-14(20-11)16-18-13-5-2-8-17-15(13)19(16)10-12-4-3-9-21-12/h2,5-8,12H,3-4,9-10H2,1H3. The first kappa shape index (κ1) is 13.0. The van der Waals surface area contributed by atoms with Crippen molar-refractivity contribution in [2.24, 2.45) is 0 Å². The second kappa shape index (κ2) is 5.22. The topological polar surface area (TPSA) is 43.9 Å². The van der Waals surface area contributed by atoms with E-state index in [-0.39, 0.29) is 0 Å². The smallest absolute Gasteiger partial charge is 0.178 e. The summed E-state index contributed by atoms with van der Waals surface area (Å²) in [5.41, 5.74) is 1.89. The van der Waals surface area contributed by atoms with Crippen molar-refractivity contribution < 1.29 is 4.42 Å². The number of rotatable bonds is 3. The highest BCUT2D eigenvalue weighted by atomic mass is 32.2. The molecule has 0 saturated carbocycles. The van der Waals surface area contributed by atoms with Crippen LogP contribution in [0.3, 0.4) is 0 Å². The molecule has 0 radical (unpaired) electrons. The molecule has 0 amide bonds. The van der Waals surface area contributed by atoms with Gasteiger partial charge in [-0.25, -0.2) is 9.97 Å². The molecule has 1 fully saturated rings. The zero-order chi connectivity index (χ0) is 14.2. The molecule has 3 aromatic rings. The van der Waals surface area contributed by atoms with E-state index in [0.717, 1.165) is 35.1 Å². The third kappa shape index (κ3) is 2.35. The molecular weight excluding hydrogens is 282 g/mol. The lowest BCUT2D eigenvalue weighted by Gasteiger charge is -2.12. The van der Waals surface area contributed by atoms with E-state index in [4.69, 9.17) is 9.40 Å². The van der Waals surface area contributed by atoms with Gasteiger partial charge in [0.1, 0.15) is 11.3 Å². The Morgan fingerprint density at radius 2 is 2.33 bits per heavy atom. The number of hydrogen-bond donors (Lipinski definition) is 0. The Morgan fingerprint density at radius 1 is 1.38 bits per heavy atom. The third-order valence-electron chi connectivity index (χ3n) is 3.87. The Hall–Kier alpha value is -1.75. The summed E-state index contributed by atoms with van der Waals surface area (Å²) in [6.45, 7) is 2.91. The predicted molar refractivity (Wildman–Crippen MR) is 85.4 cm³/mol. The van der Waals surface area contributed by atoms with Gasteiger partial charge in [-0.3, -0.25) is 0 Å². The number of nitrogens with zero attached hydrogens (tertiary/aromatic N) is 3. The second-order valence-electron chi connectivity index (χ2n) is 5.44. The maximum atomic E-state index is 5.79. The van der Waals surface area contributed by atoms with Crippen molar-refractivity contribution in [1.82, 2.24) is 14.5 Å². The summed E-state index contributed by atoms with van der Waals surface area (Å²) in [6.07, 6.45) is 4.41. The maximum absolute atomic E-state index is 5.79. The minimum absolute atomic E-state index is 0.652. The quantitative estimate of drug-likeness (QED) is 0.736. The number of imidazole rings is 1. The van der Waals surface area contributed by atoms with Gasteiger partial charge in [0.05, 0.1) is 0 Å². The summed E-state index contributed by atoms with van der Waals surface area (Å²) in [4.78, 5) is 9.26.